The number of nitrogens with one attached hydrogen (secondary N) is 1. The van der Waals surface area contributed by atoms with Crippen LogP contribution >= 0.6 is 15.9 Å². The predicted octanol–water partition coefficient (Wildman–Crippen LogP) is 1.76. The Balaban J connectivity index is 2.19. The van der Waals surface area contributed by atoms with Crippen molar-refractivity contribution in [2.75, 3.05) is 18.9 Å². The first-order chi connectivity index (χ1) is 8.45. The van der Waals surface area contributed by atoms with Crippen molar-refractivity contribution in [3.05, 3.63) is 30.1 Å². The van der Waals surface area contributed by atoms with Crippen LogP contribution in [0.4, 0.5) is 10.1 Å². The van der Waals surface area contributed by atoms with Crippen LogP contribution in [0.1, 0.15) is 6.42 Å². The summed E-state index contributed by atoms with van der Waals surface area (Å²) in [5.41, 5.74) is 0.0729. The lowest BCUT2D eigenvalue weighted by molar-refractivity contribution is -0.132. The number of nitrogens with zero attached hydrogens (tertiary/aromatic N) is 1. The van der Waals surface area contributed by atoms with E-state index in [1.54, 1.807) is 13.1 Å². The van der Waals surface area contributed by atoms with Gasteiger partial charge in [0.05, 0.1) is 5.69 Å². The Bertz CT molecular complexity index is 509. The van der Waals surface area contributed by atoms with Gasteiger partial charge in [-0.1, -0.05) is 28.1 Å². The normalized spacial score (nSPS) is 23.3. The molecule has 0 saturated carbocycles. The van der Waals surface area contributed by atoms with Crippen LogP contribution in [0.25, 0.3) is 0 Å². The Morgan fingerprint density at radius 2 is 2.17 bits per heavy atom. The van der Waals surface area contributed by atoms with E-state index < -0.39 is 16.0 Å². The van der Waals surface area contributed by atoms with Crippen LogP contribution < -0.4 is 5.32 Å². The third-order valence-corrected chi connectivity index (χ3v) is 4.06. The second kappa shape index (κ2) is 4.68. The molecule has 0 aliphatic carbocycles. The Labute approximate surface area is 112 Å². The molecule has 0 radical (unpaired) electrons. The molecule has 18 heavy (non-hydrogen) atoms. The average molecular weight is 315 g/mol. The number of hydrogen-bond acceptors (Lipinski definition) is 2. The standard InChI is InChI=1S/C12H12BrFN2O2/c1-16-7-6-12(13,11(16)18)10(17)15-9-5-3-2-4-8(9)14/h2-5H,6-7H2,1H3,(H,15,17). The third-order valence-electron chi connectivity index (χ3n) is 2.96. The van der Waals surface area contributed by atoms with E-state index in [0.717, 1.165) is 0 Å². The van der Waals surface area contributed by atoms with Gasteiger partial charge in [0.15, 0.2) is 4.32 Å². The second-order valence-electron chi connectivity index (χ2n) is 4.21. The highest BCUT2D eigenvalue weighted by Crippen LogP contribution is 2.32. The summed E-state index contributed by atoms with van der Waals surface area (Å²) in [4.78, 5) is 25.4. The van der Waals surface area contributed by atoms with Crippen molar-refractivity contribution in [3.63, 3.8) is 0 Å². The second-order valence-corrected chi connectivity index (χ2v) is 5.57. The molecule has 2 amide bonds. The summed E-state index contributed by atoms with van der Waals surface area (Å²) >= 11 is 3.17. The van der Waals surface area contributed by atoms with Crippen LogP contribution in [0, 0.1) is 5.82 Å². The monoisotopic (exact) mass is 314 g/mol. The molecule has 1 fully saturated rings. The van der Waals surface area contributed by atoms with E-state index in [2.05, 4.69) is 21.2 Å². The van der Waals surface area contributed by atoms with Gasteiger partial charge in [-0.15, -0.1) is 0 Å². The first-order valence-electron chi connectivity index (χ1n) is 5.45. The van der Waals surface area contributed by atoms with E-state index in [1.165, 1.54) is 23.1 Å². The number of amides is 2. The number of para-hydroxylation sites is 1. The molecule has 6 heteroatoms. The van der Waals surface area contributed by atoms with E-state index in [0.29, 0.717) is 13.0 Å². The van der Waals surface area contributed by atoms with Gasteiger partial charge >= 0.3 is 0 Å². The van der Waals surface area contributed by atoms with E-state index >= 15 is 0 Å². The molecule has 2 rings (SSSR count). The SMILES string of the molecule is CN1CCC(Br)(C(=O)Nc2ccccc2F)C1=O. The minimum absolute atomic E-state index is 0.0729. The molecule has 4 nitrogen and oxygen atoms in total. The van der Waals surface area contributed by atoms with Crippen LogP contribution in [0.2, 0.25) is 0 Å². The van der Waals surface area contributed by atoms with Crippen molar-refractivity contribution in [1.29, 1.82) is 0 Å². The first-order valence-corrected chi connectivity index (χ1v) is 6.25. The number of anilines is 1. The largest absolute Gasteiger partial charge is 0.344 e. The number of carbonyl (C=O) groups is 2. The van der Waals surface area contributed by atoms with Crippen molar-refractivity contribution in [3.8, 4) is 0 Å². The van der Waals surface area contributed by atoms with Crippen molar-refractivity contribution in [2.24, 2.45) is 0 Å². The molecule has 1 aromatic rings. The van der Waals surface area contributed by atoms with Gasteiger partial charge in [-0.05, 0) is 18.6 Å². The number of likely N-dealkylation sites (tertiary alicyclic amines) is 1. The lowest BCUT2D eigenvalue weighted by atomic mass is 10.1. The van der Waals surface area contributed by atoms with E-state index in [-0.39, 0.29) is 11.6 Å². The molecule has 1 heterocycles. The van der Waals surface area contributed by atoms with Gasteiger partial charge in [-0.3, -0.25) is 9.59 Å². The van der Waals surface area contributed by atoms with Gasteiger partial charge in [0.2, 0.25) is 5.91 Å². The Kier molecular flexibility index (Phi) is 3.38. The minimum Gasteiger partial charge on any atom is -0.344 e. The summed E-state index contributed by atoms with van der Waals surface area (Å²) in [6.45, 7) is 0.495. The summed E-state index contributed by atoms with van der Waals surface area (Å²) in [6.07, 6.45) is 0.364. The molecule has 1 atom stereocenters. The molecule has 0 spiro atoms. The summed E-state index contributed by atoms with van der Waals surface area (Å²) in [7, 11) is 1.63. The maximum absolute atomic E-state index is 13.4. The highest BCUT2D eigenvalue weighted by molar-refractivity contribution is 9.10. The van der Waals surface area contributed by atoms with E-state index in [1.807, 2.05) is 0 Å². The molecule has 1 aliphatic rings. The smallest absolute Gasteiger partial charge is 0.251 e. The zero-order chi connectivity index (χ0) is 13.3. The van der Waals surface area contributed by atoms with Gasteiger partial charge in [0, 0.05) is 13.6 Å². The molecule has 1 saturated heterocycles. The zero-order valence-electron chi connectivity index (χ0n) is 9.74. The minimum atomic E-state index is -1.29. The maximum atomic E-state index is 13.4. The van der Waals surface area contributed by atoms with E-state index in [4.69, 9.17) is 0 Å². The molecule has 0 bridgehead atoms. The van der Waals surface area contributed by atoms with E-state index in [9.17, 15) is 14.0 Å². The molecular formula is C12H12BrFN2O2. The lowest BCUT2D eigenvalue weighted by Crippen LogP contribution is -2.44. The topological polar surface area (TPSA) is 49.4 Å². The number of carbonyl (C=O) groups excluding carboxylic acids is 2. The lowest BCUT2D eigenvalue weighted by Gasteiger charge is -2.19. The molecule has 1 aliphatic heterocycles. The van der Waals surface area contributed by atoms with Gasteiger partial charge in [-0.2, -0.15) is 0 Å². The van der Waals surface area contributed by atoms with Gasteiger partial charge in [0.25, 0.3) is 5.91 Å². The highest BCUT2D eigenvalue weighted by atomic mass is 79.9. The Morgan fingerprint density at radius 3 is 2.72 bits per heavy atom. The summed E-state index contributed by atoms with van der Waals surface area (Å²) in [6, 6.07) is 5.84. The van der Waals surface area contributed by atoms with Crippen molar-refractivity contribution in [1.82, 2.24) is 4.90 Å². The maximum Gasteiger partial charge on any atom is 0.251 e. The average Bonchev–Trinajstić information content (AvgIpc) is 2.61. The van der Waals surface area contributed by atoms with Crippen LogP contribution in [-0.4, -0.2) is 34.6 Å². The number of hydrogen-bond donors (Lipinski definition) is 1. The highest BCUT2D eigenvalue weighted by Gasteiger charge is 2.49. The fourth-order valence-corrected chi connectivity index (χ4v) is 2.41. The van der Waals surface area contributed by atoms with Gasteiger partial charge < -0.3 is 10.2 Å². The van der Waals surface area contributed by atoms with Crippen LogP contribution in [0.15, 0.2) is 24.3 Å². The molecule has 1 N–H and O–H groups in total. The van der Waals surface area contributed by atoms with Crippen LogP contribution in [-0.2, 0) is 9.59 Å². The Morgan fingerprint density at radius 1 is 1.50 bits per heavy atom. The molecule has 1 aromatic carbocycles. The van der Waals surface area contributed by atoms with Crippen molar-refractivity contribution < 1.29 is 14.0 Å². The molecular weight excluding hydrogens is 303 g/mol. The molecule has 0 aromatic heterocycles. The number of halogens is 2. The number of alkyl halides is 1. The summed E-state index contributed by atoms with van der Waals surface area (Å²) in [5.74, 6) is -1.38. The Hall–Kier alpha value is -1.43. The molecule has 1 unspecified atom stereocenters. The van der Waals surface area contributed by atoms with Crippen molar-refractivity contribution >= 4 is 33.4 Å². The summed E-state index contributed by atoms with van der Waals surface area (Å²) < 4.78 is 12.1. The fraction of sp³-hybridized carbons (Fsp3) is 0.333. The molecule has 96 valence electrons. The summed E-state index contributed by atoms with van der Waals surface area (Å²) in [5, 5.41) is 2.44. The van der Waals surface area contributed by atoms with Gasteiger partial charge in [0.1, 0.15) is 5.82 Å². The van der Waals surface area contributed by atoms with Crippen LogP contribution in [0.5, 0.6) is 0 Å². The van der Waals surface area contributed by atoms with Gasteiger partial charge in [-0.25, -0.2) is 4.39 Å². The predicted molar refractivity (Wildman–Crippen MR) is 68.9 cm³/mol. The fourth-order valence-electron chi connectivity index (χ4n) is 1.83. The first kappa shape index (κ1) is 13.0. The van der Waals surface area contributed by atoms with Crippen molar-refractivity contribution in [2.45, 2.75) is 10.7 Å². The van der Waals surface area contributed by atoms with Crippen LogP contribution in [0.3, 0.4) is 0 Å². The quantitative estimate of drug-likeness (QED) is 0.668. The third kappa shape index (κ3) is 2.12. The number of benzene rings is 1. The zero-order valence-corrected chi connectivity index (χ0v) is 11.3. The number of rotatable bonds is 2.